The average Bonchev–Trinajstić information content (AvgIpc) is 2.94. The average molecular weight is 279 g/mol. The highest BCUT2D eigenvalue weighted by atomic mass is 16.5. The van der Waals surface area contributed by atoms with Gasteiger partial charge in [0.05, 0.1) is 20.3 Å². The molecule has 2 unspecified atom stereocenters. The maximum absolute atomic E-state index is 9.76. The Kier molecular flexibility index (Phi) is 5.26. The molecule has 1 aliphatic rings. The van der Waals surface area contributed by atoms with E-state index < -0.39 is 0 Å². The number of rotatable bonds is 6. The molecule has 0 spiro atoms. The first-order chi connectivity index (χ1) is 9.66. The highest BCUT2D eigenvalue weighted by molar-refractivity contribution is 5.40. The van der Waals surface area contributed by atoms with Gasteiger partial charge in [-0.15, -0.1) is 0 Å². The topological polar surface area (TPSA) is 41.9 Å². The normalized spacial score (nSPS) is 20.9. The SMILES string of the molecule is CCC(O)CN1CCC(c2cc(OC)cc(OC)c2)C1. The van der Waals surface area contributed by atoms with Gasteiger partial charge in [0.25, 0.3) is 0 Å². The quantitative estimate of drug-likeness (QED) is 0.867. The van der Waals surface area contributed by atoms with Crippen LogP contribution in [0.25, 0.3) is 0 Å². The van der Waals surface area contributed by atoms with Crippen LogP contribution in [0, 0.1) is 0 Å². The van der Waals surface area contributed by atoms with E-state index in [4.69, 9.17) is 9.47 Å². The molecule has 1 fully saturated rings. The Balaban J connectivity index is 2.05. The van der Waals surface area contributed by atoms with Crippen molar-refractivity contribution in [3.05, 3.63) is 23.8 Å². The first-order valence-electron chi connectivity index (χ1n) is 7.29. The van der Waals surface area contributed by atoms with Crippen LogP contribution < -0.4 is 9.47 Å². The summed E-state index contributed by atoms with van der Waals surface area (Å²) in [7, 11) is 3.36. The molecule has 0 bridgehead atoms. The third-order valence-corrected chi connectivity index (χ3v) is 4.06. The van der Waals surface area contributed by atoms with Gasteiger partial charge in [0.2, 0.25) is 0 Å². The Morgan fingerprint density at radius 1 is 1.25 bits per heavy atom. The number of benzene rings is 1. The summed E-state index contributed by atoms with van der Waals surface area (Å²) in [5.74, 6) is 2.17. The van der Waals surface area contributed by atoms with Gasteiger partial charge in [0.1, 0.15) is 11.5 Å². The van der Waals surface area contributed by atoms with Gasteiger partial charge in [0, 0.05) is 19.2 Å². The summed E-state index contributed by atoms with van der Waals surface area (Å²) in [4.78, 5) is 2.34. The molecule has 1 aliphatic heterocycles. The Morgan fingerprint density at radius 2 is 1.90 bits per heavy atom. The molecule has 0 saturated carbocycles. The van der Waals surface area contributed by atoms with Gasteiger partial charge in [-0.2, -0.15) is 0 Å². The van der Waals surface area contributed by atoms with Crippen molar-refractivity contribution in [3.8, 4) is 11.5 Å². The molecule has 112 valence electrons. The second kappa shape index (κ2) is 6.95. The zero-order valence-corrected chi connectivity index (χ0v) is 12.6. The Bertz CT molecular complexity index is 413. The molecular formula is C16H25NO3. The lowest BCUT2D eigenvalue weighted by Gasteiger charge is -2.19. The van der Waals surface area contributed by atoms with Gasteiger partial charge < -0.3 is 19.5 Å². The molecule has 0 amide bonds. The number of aliphatic hydroxyl groups is 1. The lowest BCUT2D eigenvalue weighted by Crippen LogP contribution is -2.30. The lowest BCUT2D eigenvalue weighted by atomic mass is 9.98. The van der Waals surface area contributed by atoms with Crippen molar-refractivity contribution in [1.82, 2.24) is 4.90 Å². The minimum atomic E-state index is -0.214. The van der Waals surface area contributed by atoms with Crippen LogP contribution in [0.5, 0.6) is 11.5 Å². The summed E-state index contributed by atoms with van der Waals surface area (Å²) in [6.45, 7) is 4.83. The zero-order chi connectivity index (χ0) is 14.5. The van der Waals surface area contributed by atoms with E-state index in [9.17, 15) is 5.11 Å². The van der Waals surface area contributed by atoms with E-state index in [0.717, 1.165) is 44.0 Å². The minimum absolute atomic E-state index is 0.214. The molecular weight excluding hydrogens is 254 g/mol. The molecule has 1 aromatic rings. The molecule has 1 aromatic carbocycles. The highest BCUT2D eigenvalue weighted by Crippen LogP contribution is 2.32. The monoisotopic (exact) mass is 279 g/mol. The predicted octanol–water partition coefficient (Wildman–Crippen LogP) is 2.26. The van der Waals surface area contributed by atoms with Crippen LogP contribution >= 0.6 is 0 Å². The van der Waals surface area contributed by atoms with Crippen molar-refractivity contribution in [2.75, 3.05) is 33.9 Å². The number of likely N-dealkylation sites (tertiary alicyclic amines) is 1. The lowest BCUT2D eigenvalue weighted by molar-refractivity contribution is 0.121. The molecule has 1 heterocycles. The summed E-state index contributed by atoms with van der Waals surface area (Å²) >= 11 is 0. The second-order valence-electron chi connectivity index (χ2n) is 5.45. The molecule has 2 rings (SSSR count). The van der Waals surface area contributed by atoms with Gasteiger partial charge >= 0.3 is 0 Å². The number of ether oxygens (including phenoxy) is 2. The summed E-state index contributed by atoms with van der Waals surface area (Å²) in [5, 5.41) is 9.76. The maximum atomic E-state index is 9.76. The number of nitrogens with zero attached hydrogens (tertiary/aromatic N) is 1. The molecule has 0 radical (unpaired) electrons. The van der Waals surface area contributed by atoms with Crippen molar-refractivity contribution in [2.24, 2.45) is 0 Å². The number of methoxy groups -OCH3 is 2. The van der Waals surface area contributed by atoms with Crippen LogP contribution in [0.3, 0.4) is 0 Å². The highest BCUT2D eigenvalue weighted by Gasteiger charge is 2.25. The third kappa shape index (κ3) is 3.64. The Hall–Kier alpha value is -1.26. The van der Waals surface area contributed by atoms with E-state index in [1.165, 1.54) is 5.56 Å². The summed E-state index contributed by atoms with van der Waals surface area (Å²) in [5.41, 5.74) is 1.26. The van der Waals surface area contributed by atoms with E-state index in [-0.39, 0.29) is 6.10 Å². The maximum Gasteiger partial charge on any atom is 0.122 e. The van der Waals surface area contributed by atoms with E-state index in [1.54, 1.807) is 14.2 Å². The Morgan fingerprint density at radius 3 is 2.45 bits per heavy atom. The Labute approximate surface area is 121 Å². The van der Waals surface area contributed by atoms with Crippen molar-refractivity contribution in [1.29, 1.82) is 0 Å². The fraction of sp³-hybridized carbons (Fsp3) is 0.625. The largest absolute Gasteiger partial charge is 0.497 e. The summed E-state index contributed by atoms with van der Waals surface area (Å²) in [6, 6.07) is 6.08. The van der Waals surface area contributed by atoms with Crippen molar-refractivity contribution in [2.45, 2.75) is 31.8 Å². The molecule has 1 N–H and O–H groups in total. The van der Waals surface area contributed by atoms with Crippen LogP contribution in [0.4, 0.5) is 0 Å². The van der Waals surface area contributed by atoms with Crippen LogP contribution in [0.2, 0.25) is 0 Å². The van der Waals surface area contributed by atoms with E-state index in [2.05, 4.69) is 17.0 Å². The molecule has 0 aromatic heterocycles. The van der Waals surface area contributed by atoms with Crippen LogP contribution in [0.15, 0.2) is 18.2 Å². The molecule has 2 atom stereocenters. The van der Waals surface area contributed by atoms with Gasteiger partial charge in [-0.1, -0.05) is 6.92 Å². The standard InChI is InChI=1S/C16H25NO3/c1-4-14(18)11-17-6-5-12(10-17)13-7-15(19-2)9-16(8-13)20-3/h7-9,12,14,18H,4-6,10-11H2,1-3H3. The third-order valence-electron chi connectivity index (χ3n) is 4.06. The van der Waals surface area contributed by atoms with Crippen molar-refractivity contribution >= 4 is 0 Å². The number of hydrogen-bond acceptors (Lipinski definition) is 4. The fourth-order valence-electron chi connectivity index (χ4n) is 2.76. The molecule has 0 aliphatic carbocycles. The molecule has 1 saturated heterocycles. The van der Waals surface area contributed by atoms with Crippen molar-refractivity contribution < 1.29 is 14.6 Å². The summed E-state index contributed by atoms with van der Waals surface area (Å²) in [6.07, 6.45) is 1.72. The zero-order valence-electron chi connectivity index (χ0n) is 12.6. The van der Waals surface area contributed by atoms with Crippen LogP contribution in [0.1, 0.15) is 31.2 Å². The molecule has 4 heteroatoms. The minimum Gasteiger partial charge on any atom is -0.497 e. The smallest absolute Gasteiger partial charge is 0.122 e. The number of β-amino-alcohol motifs (C(OH)–C–C–N with tert-alkyl or cyclic N) is 1. The van der Waals surface area contributed by atoms with Gasteiger partial charge in [-0.25, -0.2) is 0 Å². The van der Waals surface area contributed by atoms with Crippen LogP contribution in [-0.2, 0) is 0 Å². The fourth-order valence-corrected chi connectivity index (χ4v) is 2.76. The van der Waals surface area contributed by atoms with Gasteiger partial charge in [-0.05, 0) is 43.0 Å². The number of hydrogen-bond donors (Lipinski definition) is 1. The predicted molar refractivity (Wildman–Crippen MR) is 79.6 cm³/mol. The summed E-state index contributed by atoms with van der Waals surface area (Å²) < 4.78 is 10.7. The first kappa shape index (κ1) is 15.1. The first-order valence-corrected chi connectivity index (χ1v) is 7.29. The van der Waals surface area contributed by atoms with Crippen LogP contribution in [-0.4, -0.2) is 50.0 Å². The van der Waals surface area contributed by atoms with Gasteiger partial charge in [0.15, 0.2) is 0 Å². The molecule has 4 nitrogen and oxygen atoms in total. The van der Waals surface area contributed by atoms with E-state index in [1.807, 2.05) is 13.0 Å². The molecule has 20 heavy (non-hydrogen) atoms. The van der Waals surface area contributed by atoms with E-state index >= 15 is 0 Å². The van der Waals surface area contributed by atoms with Crippen molar-refractivity contribution in [3.63, 3.8) is 0 Å². The second-order valence-corrected chi connectivity index (χ2v) is 5.45. The van der Waals surface area contributed by atoms with Gasteiger partial charge in [-0.3, -0.25) is 0 Å². The number of aliphatic hydroxyl groups excluding tert-OH is 1. The van der Waals surface area contributed by atoms with E-state index in [0.29, 0.717) is 5.92 Å².